The van der Waals surface area contributed by atoms with Gasteiger partial charge in [-0.25, -0.2) is 0 Å². The predicted octanol–water partition coefficient (Wildman–Crippen LogP) is 5.18. The lowest BCUT2D eigenvalue weighted by molar-refractivity contribution is -0.137. The molecule has 32 heavy (non-hydrogen) atoms. The number of rotatable bonds is 9. The Morgan fingerprint density at radius 1 is 1.16 bits per heavy atom. The molecule has 1 amide bonds. The highest BCUT2D eigenvalue weighted by Gasteiger charge is 2.31. The Labute approximate surface area is 183 Å². The van der Waals surface area contributed by atoms with Gasteiger partial charge in [-0.05, 0) is 23.6 Å². The van der Waals surface area contributed by atoms with Crippen molar-refractivity contribution in [1.82, 2.24) is 15.5 Å². The first-order chi connectivity index (χ1) is 15.3. The van der Waals surface area contributed by atoms with E-state index in [-0.39, 0.29) is 35.7 Å². The maximum absolute atomic E-state index is 13.0. The first-order valence-electron chi connectivity index (χ1n) is 10.2. The van der Waals surface area contributed by atoms with Crippen LogP contribution in [0.3, 0.4) is 0 Å². The normalized spacial score (nSPS) is 13.5. The summed E-state index contributed by atoms with van der Waals surface area (Å²) in [4.78, 5) is 16.7. The number of hydrogen-bond donors (Lipinski definition) is 1. The van der Waals surface area contributed by atoms with Crippen LogP contribution in [0.2, 0.25) is 0 Å². The third-order valence-electron chi connectivity index (χ3n) is 5.03. The van der Waals surface area contributed by atoms with Gasteiger partial charge in [0.15, 0.2) is 0 Å². The Bertz CT molecular complexity index is 1020. The summed E-state index contributed by atoms with van der Waals surface area (Å²) in [6.07, 6.45) is -3.77. The molecule has 9 heteroatoms. The fraction of sp³-hybridized carbons (Fsp3) is 0.348. The van der Waals surface area contributed by atoms with Gasteiger partial charge in [-0.15, -0.1) is 0 Å². The van der Waals surface area contributed by atoms with E-state index in [1.807, 2.05) is 44.2 Å². The highest BCUT2D eigenvalue weighted by atomic mass is 19.4. The van der Waals surface area contributed by atoms with Crippen LogP contribution in [-0.2, 0) is 22.3 Å². The average molecular weight is 447 g/mol. The van der Waals surface area contributed by atoms with Crippen LogP contribution in [0.5, 0.6) is 0 Å². The number of hydrogen-bond acceptors (Lipinski definition) is 5. The first kappa shape index (κ1) is 23.5. The van der Waals surface area contributed by atoms with Gasteiger partial charge in [0.1, 0.15) is 12.6 Å². The van der Waals surface area contributed by atoms with Crippen LogP contribution in [0.4, 0.5) is 13.2 Å². The Kier molecular flexibility index (Phi) is 7.63. The molecule has 170 valence electrons. The lowest BCUT2D eigenvalue weighted by atomic mass is 9.99. The number of nitrogens with one attached hydrogen (secondary N) is 1. The van der Waals surface area contributed by atoms with Crippen molar-refractivity contribution >= 4 is 5.91 Å². The van der Waals surface area contributed by atoms with Gasteiger partial charge in [0.05, 0.1) is 12.2 Å². The molecule has 6 nitrogen and oxygen atoms in total. The van der Waals surface area contributed by atoms with Crippen LogP contribution in [0, 0.1) is 5.92 Å². The molecule has 3 rings (SSSR count). The van der Waals surface area contributed by atoms with Crippen LogP contribution in [0.15, 0.2) is 59.1 Å². The SMILES string of the molecule is CC[C@@H](C)[C@@H](NC(=O)COCc1ccccc1)c1nc(-c2cccc(C(F)(F)F)c2)no1. The van der Waals surface area contributed by atoms with Gasteiger partial charge in [0.25, 0.3) is 0 Å². The van der Waals surface area contributed by atoms with Crippen LogP contribution in [-0.4, -0.2) is 22.7 Å². The quantitative estimate of drug-likeness (QED) is 0.489. The van der Waals surface area contributed by atoms with Gasteiger partial charge in [-0.3, -0.25) is 4.79 Å². The lowest BCUT2D eigenvalue weighted by Crippen LogP contribution is -2.35. The lowest BCUT2D eigenvalue weighted by Gasteiger charge is -2.20. The van der Waals surface area contributed by atoms with E-state index in [0.29, 0.717) is 13.0 Å². The standard InChI is InChI=1S/C23H24F3N3O3/c1-3-15(2)20(27-19(30)14-31-13-16-8-5-4-6-9-16)22-28-21(29-32-22)17-10-7-11-18(12-17)23(24,25)26/h4-12,15,20H,3,13-14H2,1-2H3,(H,27,30)/t15-,20-/m1/s1. The predicted molar refractivity (Wildman–Crippen MR) is 111 cm³/mol. The summed E-state index contributed by atoms with van der Waals surface area (Å²) in [6.45, 7) is 3.99. The molecule has 0 saturated carbocycles. The van der Waals surface area contributed by atoms with Crippen molar-refractivity contribution in [3.63, 3.8) is 0 Å². The van der Waals surface area contributed by atoms with E-state index in [2.05, 4.69) is 15.5 Å². The molecule has 0 radical (unpaired) electrons. The Balaban J connectivity index is 1.69. The van der Waals surface area contributed by atoms with Crippen molar-refractivity contribution in [3.8, 4) is 11.4 Å². The molecule has 0 saturated heterocycles. The van der Waals surface area contributed by atoms with E-state index in [0.717, 1.165) is 17.7 Å². The number of alkyl halides is 3. The van der Waals surface area contributed by atoms with Crippen LogP contribution in [0.25, 0.3) is 11.4 Å². The topological polar surface area (TPSA) is 77.2 Å². The summed E-state index contributed by atoms with van der Waals surface area (Å²) in [6, 6.07) is 13.5. The molecule has 2 aromatic carbocycles. The zero-order chi connectivity index (χ0) is 23.1. The number of halogens is 3. The number of nitrogens with zero attached hydrogens (tertiary/aromatic N) is 2. The number of aromatic nitrogens is 2. The highest BCUT2D eigenvalue weighted by molar-refractivity contribution is 5.77. The molecule has 2 atom stereocenters. The number of amides is 1. The van der Waals surface area contributed by atoms with Crippen LogP contribution < -0.4 is 5.32 Å². The average Bonchev–Trinajstić information content (AvgIpc) is 3.27. The second-order valence-corrected chi connectivity index (χ2v) is 7.44. The third-order valence-corrected chi connectivity index (χ3v) is 5.03. The highest BCUT2D eigenvalue weighted by Crippen LogP contribution is 2.32. The molecule has 0 aliphatic heterocycles. The zero-order valence-corrected chi connectivity index (χ0v) is 17.7. The van der Waals surface area contributed by atoms with Gasteiger partial charge >= 0.3 is 6.18 Å². The Hall–Kier alpha value is -3.20. The van der Waals surface area contributed by atoms with Gasteiger partial charge in [-0.1, -0.05) is 67.9 Å². The summed E-state index contributed by atoms with van der Waals surface area (Å²) >= 11 is 0. The van der Waals surface area contributed by atoms with E-state index in [9.17, 15) is 18.0 Å². The minimum atomic E-state index is -4.48. The minimum absolute atomic E-state index is 0.0222. The summed E-state index contributed by atoms with van der Waals surface area (Å²) in [5, 5.41) is 6.65. The molecule has 1 aromatic heterocycles. The summed E-state index contributed by atoms with van der Waals surface area (Å²) < 4.78 is 49.8. The summed E-state index contributed by atoms with van der Waals surface area (Å²) in [5.74, 6) is -0.259. The van der Waals surface area contributed by atoms with Crippen molar-refractivity contribution in [1.29, 1.82) is 0 Å². The molecular weight excluding hydrogens is 423 g/mol. The number of carbonyl (C=O) groups excluding carboxylic acids is 1. The Morgan fingerprint density at radius 2 is 1.91 bits per heavy atom. The monoisotopic (exact) mass is 447 g/mol. The molecule has 1 heterocycles. The van der Waals surface area contributed by atoms with E-state index >= 15 is 0 Å². The second kappa shape index (κ2) is 10.4. The van der Waals surface area contributed by atoms with Gasteiger partial charge in [0, 0.05) is 5.56 Å². The molecule has 3 aromatic rings. The smallest absolute Gasteiger partial charge is 0.367 e. The van der Waals surface area contributed by atoms with Crippen molar-refractivity contribution in [2.24, 2.45) is 5.92 Å². The number of carbonyl (C=O) groups is 1. The fourth-order valence-electron chi connectivity index (χ4n) is 3.05. The largest absolute Gasteiger partial charge is 0.416 e. The number of benzene rings is 2. The molecular formula is C23H24F3N3O3. The Morgan fingerprint density at radius 3 is 2.59 bits per heavy atom. The molecule has 0 spiro atoms. The third kappa shape index (κ3) is 6.16. The second-order valence-electron chi connectivity index (χ2n) is 7.44. The maximum Gasteiger partial charge on any atom is 0.416 e. The van der Waals surface area contributed by atoms with Crippen molar-refractivity contribution < 1.29 is 27.2 Å². The fourth-order valence-corrected chi connectivity index (χ4v) is 3.05. The van der Waals surface area contributed by atoms with E-state index < -0.39 is 17.8 Å². The van der Waals surface area contributed by atoms with Crippen molar-refractivity contribution in [2.75, 3.05) is 6.61 Å². The summed E-state index contributed by atoms with van der Waals surface area (Å²) in [7, 11) is 0. The summed E-state index contributed by atoms with van der Waals surface area (Å²) in [5.41, 5.74) is 0.320. The van der Waals surface area contributed by atoms with Crippen LogP contribution >= 0.6 is 0 Å². The van der Waals surface area contributed by atoms with E-state index in [4.69, 9.17) is 9.26 Å². The van der Waals surface area contributed by atoms with E-state index in [1.54, 1.807) is 0 Å². The molecule has 0 aliphatic rings. The molecule has 0 unspecified atom stereocenters. The number of ether oxygens (including phenoxy) is 1. The van der Waals surface area contributed by atoms with Crippen molar-refractivity contribution in [2.45, 2.75) is 39.1 Å². The molecule has 0 bridgehead atoms. The van der Waals surface area contributed by atoms with E-state index in [1.165, 1.54) is 12.1 Å². The van der Waals surface area contributed by atoms with Crippen molar-refractivity contribution in [3.05, 3.63) is 71.6 Å². The van der Waals surface area contributed by atoms with Gasteiger partial charge in [0.2, 0.25) is 17.6 Å². The van der Waals surface area contributed by atoms with Gasteiger partial charge < -0.3 is 14.6 Å². The maximum atomic E-state index is 13.0. The molecule has 1 N–H and O–H groups in total. The molecule has 0 fully saturated rings. The van der Waals surface area contributed by atoms with Crippen LogP contribution in [0.1, 0.15) is 43.3 Å². The molecule has 0 aliphatic carbocycles. The minimum Gasteiger partial charge on any atom is -0.367 e. The first-order valence-corrected chi connectivity index (χ1v) is 10.2. The van der Waals surface area contributed by atoms with Gasteiger partial charge in [-0.2, -0.15) is 18.2 Å². The zero-order valence-electron chi connectivity index (χ0n) is 17.7.